The van der Waals surface area contributed by atoms with Crippen LogP contribution >= 0.6 is 0 Å². The Morgan fingerprint density at radius 3 is 2.65 bits per heavy atom. The number of amides is 1. The minimum absolute atomic E-state index is 0.103. The van der Waals surface area contributed by atoms with Gasteiger partial charge in [-0.2, -0.15) is 0 Å². The van der Waals surface area contributed by atoms with Gasteiger partial charge < -0.3 is 18.9 Å². The van der Waals surface area contributed by atoms with Crippen LogP contribution in [0.3, 0.4) is 0 Å². The van der Waals surface area contributed by atoms with E-state index >= 15 is 0 Å². The molecule has 2 aliphatic heterocycles. The average Bonchev–Trinajstić information content (AvgIpc) is 3.47. The second-order valence-corrected chi connectivity index (χ2v) is 9.10. The van der Waals surface area contributed by atoms with Crippen LogP contribution in [0, 0.1) is 5.41 Å². The van der Waals surface area contributed by atoms with Gasteiger partial charge in [0.05, 0.1) is 31.2 Å². The molecule has 2 fully saturated rings. The van der Waals surface area contributed by atoms with Gasteiger partial charge in [-0.15, -0.1) is 0 Å². The van der Waals surface area contributed by atoms with E-state index in [4.69, 9.17) is 14.5 Å². The Labute approximate surface area is 184 Å². The number of likely N-dealkylation sites (tertiary alicyclic amines) is 2. The van der Waals surface area contributed by atoms with E-state index in [9.17, 15) is 4.79 Å². The molecule has 3 heterocycles. The van der Waals surface area contributed by atoms with Crippen molar-refractivity contribution in [1.82, 2.24) is 19.4 Å². The average molecular weight is 427 g/mol. The molecule has 0 unspecified atom stereocenters. The zero-order valence-corrected chi connectivity index (χ0v) is 19.1. The normalized spacial score (nSPS) is 24.1. The third-order valence-electron chi connectivity index (χ3n) is 6.86. The number of benzene rings is 1. The second kappa shape index (κ2) is 9.01. The van der Waals surface area contributed by atoms with Gasteiger partial charge in [0.2, 0.25) is 5.91 Å². The maximum Gasteiger partial charge on any atom is 0.230 e. The molecule has 0 N–H and O–H groups in total. The van der Waals surface area contributed by atoms with Gasteiger partial charge in [-0.1, -0.05) is 12.1 Å². The summed E-state index contributed by atoms with van der Waals surface area (Å²) in [4.78, 5) is 22.8. The molecule has 1 amide bonds. The molecule has 2 saturated heterocycles. The van der Waals surface area contributed by atoms with Crippen LogP contribution in [-0.2, 0) is 16.1 Å². The first-order valence-electron chi connectivity index (χ1n) is 11.1. The van der Waals surface area contributed by atoms with Gasteiger partial charge in [0.15, 0.2) is 0 Å². The summed E-state index contributed by atoms with van der Waals surface area (Å²) in [5.41, 5.74) is 1.86. The highest BCUT2D eigenvalue weighted by Crippen LogP contribution is 2.49. The molecule has 1 spiro atoms. The van der Waals surface area contributed by atoms with Crippen molar-refractivity contribution in [1.29, 1.82) is 0 Å². The summed E-state index contributed by atoms with van der Waals surface area (Å²) < 4.78 is 12.7. The lowest BCUT2D eigenvalue weighted by molar-refractivity contribution is -0.136. The first-order chi connectivity index (χ1) is 15.0. The summed E-state index contributed by atoms with van der Waals surface area (Å²) in [5.74, 6) is 1.22. The molecule has 2 aromatic rings. The molecule has 0 aliphatic carbocycles. The fraction of sp³-hybridized carbons (Fsp3) is 0.583. The van der Waals surface area contributed by atoms with E-state index in [0.29, 0.717) is 19.2 Å². The number of carbonyl (C=O) groups is 1. The van der Waals surface area contributed by atoms with Gasteiger partial charge in [0.25, 0.3) is 0 Å². The topological polar surface area (TPSA) is 59.8 Å². The summed E-state index contributed by atoms with van der Waals surface area (Å²) in [6, 6.07) is 8.56. The van der Waals surface area contributed by atoms with Gasteiger partial charge >= 0.3 is 0 Å². The Hall–Kier alpha value is -2.38. The molecular formula is C24H34N4O3. The number of carbonyl (C=O) groups excluding carboxylic acids is 1. The number of hydrogen-bond donors (Lipinski definition) is 0. The lowest BCUT2D eigenvalue weighted by atomic mass is 9.75. The summed E-state index contributed by atoms with van der Waals surface area (Å²) >= 11 is 0. The van der Waals surface area contributed by atoms with Gasteiger partial charge in [0.1, 0.15) is 5.75 Å². The van der Waals surface area contributed by atoms with E-state index in [0.717, 1.165) is 44.0 Å². The minimum atomic E-state index is -0.406. The highest BCUT2D eigenvalue weighted by atomic mass is 16.5. The second-order valence-electron chi connectivity index (χ2n) is 9.10. The van der Waals surface area contributed by atoms with Gasteiger partial charge in [-0.05, 0) is 38.0 Å². The molecule has 31 heavy (non-hydrogen) atoms. The van der Waals surface area contributed by atoms with Crippen molar-refractivity contribution < 1.29 is 14.3 Å². The zero-order valence-electron chi connectivity index (χ0n) is 19.1. The molecule has 7 nitrogen and oxygen atoms in total. The predicted octanol–water partition coefficient (Wildman–Crippen LogP) is 2.94. The number of hydrogen-bond acceptors (Lipinski definition) is 5. The van der Waals surface area contributed by atoms with Crippen molar-refractivity contribution in [3.63, 3.8) is 0 Å². The van der Waals surface area contributed by atoms with Crippen LogP contribution in [0.25, 0.3) is 0 Å². The van der Waals surface area contributed by atoms with Crippen molar-refractivity contribution in [2.75, 3.05) is 47.0 Å². The van der Waals surface area contributed by atoms with Gasteiger partial charge in [-0.3, -0.25) is 9.69 Å². The molecule has 7 heteroatoms. The fourth-order valence-corrected chi connectivity index (χ4v) is 5.05. The van der Waals surface area contributed by atoms with Crippen LogP contribution in [0.2, 0.25) is 0 Å². The van der Waals surface area contributed by atoms with Crippen LogP contribution < -0.4 is 4.74 Å². The maximum absolute atomic E-state index is 13.6. The molecular weight excluding hydrogens is 392 g/mol. The van der Waals surface area contributed by atoms with E-state index < -0.39 is 5.41 Å². The summed E-state index contributed by atoms with van der Waals surface area (Å²) in [6.45, 7) is 8.74. The first-order valence-corrected chi connectivity index (χ1v) is 11.1. The van der Waals surface area contributed by atoms with E-state index in [1.807, 2.05) is 23.4 Å². The molecule has 0 radical (unpaired) electrons. The highest BCUT2D eigenvalue weighted by molar-refractivity contribution is 5.86. The standard InChI is InChI=1S/C24H34N4O3/c1-18(2)28-15-22(25-17-28)21-14-26(13-19-5-7-20(31-4)8-6-19)16-24(21)9-10-27(23(24)29)11-12-30-3/h5-8,15,17-18,21H,9-14,16H2,1-4H3/t21-,24+/m0/s1. The number of methoxy groups -OCH3 is 2. The fourth-order valence-electron chi connectivity index (χ4n) is 5.05. The van der Waals surface area contributed by atoms with E-state index in [2.05, 4.69) is 41.6 Å². The Morgan fingerprint density at radius 1 is 1.23 bits per heavy atom. The number of imidazole rings is 1. The molecule has 2 aliphatic rings. The third kappa shape index (κ3) is 4.21. The van der Waals surface area contributed by atoms with Crippen LogP contribution in [-0.4, -0.2) is 72.3 Å². The molecule has 4 rings (SSSR count). The highest BCUT2D eigenvalue weighted by Gasteiger charge is 2.57. The van der Waals surface area contributed by atoms with E-state index in [-0.39, 0.29) is 11.8 Å². The third-order valence-corrected chi connectivity index (χ3v) is 6.86. The van der Waals surface area contributed by atoms with Crippen molar-refractivity contribution in [2.45, 2.75) is 38.8 Å². The minimum Gasteiger partial charge on any atom is -0.497 e. The van der Waals surface area contributed by atoms with Gasteiger partial charge in [0, 0.05) is 58.0 Å². The maximum atomic E-state index is 13.6. The Kier molecular flexibility index (Phi) is 6.34. The Morgan fingerprint density at radius 2 is 2.00 bits per heavy atom. The smallest absolute Gasteiger partial charge is 0.230 e. The SMILES string of the molecule is COCCN1CC[C@]2(CN(Cc3ccc(OC)cc3)C[C@H]2c2cn(C(C)C)cn2)C1=O. The molecule has 2 atom stereocenters. The number of aromatic nitrogens is 2. The molecule has 0 bridgehead atoms. The molecule has 168 valence electrons. The Bertz CT molecular complexity index is 894. The quantitative estimate of drug-likeness (QED) is 0.650. The van der Waals surface area contributed by atoms with E-state index in [1.54, 1.807) is 14.2 Å². The lowest BCUT2D eigenvalue weighted by Crippen LogP contribution is -2.40. The van der Waals surface area contributed by atoms with Crippen LogP contribution in [0.1, 0.15) is 43.5 Å². The Balaban J connectivity index is 1.59. The summed E-state index contributed by atoms with van der Waals surface area (Å²) in [7, 11) is 3.37. The molecule has 1 aromatic heterocycles. The lowest BCUT2D eigenvalue weighted by Gasteiger charge is -2.28. The number of ether oxygens (including phenoxy) is 2. The van der Waals surface area contributed by atoms with Crippen LogP contribution in [0.4, 0.5) is 0 Å². The van der Waals surface area contributed by atoms with Crippen molar-refractivity contribution in [3.8, 4) is 5.75 Å². The number of rotatable bonds is 8. The van der Waals surface area contributed by atoms with Crippen molar-refractivity contribution >= 4 is 5.91 Å². The summed E-state index contributed by atoms with van der Waals surface area (Å²) in [5, 5.41) is 0. The van der Waals surface area contributed by atoms with Crippen LogP contribution in [0.5, 0.6) is 5.75 Å². The largest absolute Gasteiger partial charge is 0.497 e. The van der Waals surface area contributed by atoms with Crippen molar-refractivity contribution in [3.05, 3.63) is 48.0 Å². The van der Waals surface area contributed by atoms with Gasteiger partial charge in [-0.25, -0.2) is 4.98 Å². The molecule has 0 saturated carbocycles. The summed E-state index contributed by atoms with van der Waals surface area (Å²) in [6.07, 6.45) is 4.91. The van der Waals surface area contributed by atoms with E-state index in [1.165, 1.54) is 5.56 Å². The zero-order chi connectivity index (χ0) is 22.0. The van der Waals surface area contributed by atoms with Crippen LogP contribution in [0.15, 0.2) is 36.8 Å². The van der Waals surface area contributed by atoms with Crippen molar-refractivity contribution in [2.24, 2.45) is 5.41 Å². The first kappa shape index (κ1) is 21.8. The monoisotopic (exact) mass is 426 g/mol. The number of nitrogens with zero attached hydrogens (tertiary/aromatic N) is 4. The molecule has 1 aromatic carbocycles. The predicted molar refractivity (Wildman–Crippen MR) is 119 cm³/mol.